The Morgan fingerprint density at radius 3 is 2.60 bits per heavy atom. The summed E-state index contributed by atoms with van der Waals surface area (Å²) in [6.07, 6.45) is 2.35. The van der Waals surface area contributed by atoms with Gasteiger partial charge in [0.05, 0.1) is 5.56 Å². The van der Waals surface area contributed by atoms with Gasteiger partial charge in [-0.15, -0.1) is 0 Å². The van der Waals surface area contributed by atoms with Crippen molar-refractivity contribution in [1.82, 2.24) is 9.55 Å². The van der Waals surface area contributed by atoms with Crippen LogP contribution in [-0.4, -0.2) is 15.5 Å². The van der Waals surface area contributed by atoms with Crippen LogP contribution in [0.3, 0.4) is 0 Å². The van der Waals surface area contributed by atoms with E-state index in [0.29, 0.717) is 16.1 Å². The zero-order valence-corrected chi connectivity index (χ0v) is 13.0. The molecule has 0 fully saturated rings. The lowest BCUT2D eigenvalue weighted by Crippen LogP contribution is -2.10. The second-order valence-electron chi connectivity index (χ2n) is 5.05. The Morgan fingerprint density at radius 1 is 1.08 bits per heavy atom. The third kappa shape index (κ3) is 4.20. The summed E-state index contributed by atoms with van der Waals surface area (Å²) in [5, 5.41) is 0. The van der Waals surface area contributed by atoms with Gasteiger partial charge in [-0.3, -0.25) is 4.57 Å². The van der Waals surface area contributed by atoms with Crippen LogP contribution in [0.1, 0.15) is 22.7 Å². The Hall–Kier alpha value is -3.22. The molecule has 0 aliphatic carbocycles. The third-order valence-electron chi connectivity index (χ3n) is 3.34. The second kappa shape index (κ2) is 7.57. The number of esters is 1. The lowest BCUT2D eigenvalue weighted by atomic mass is 10.2. The smallest absolute Gasteiger partial charge is 0.338 e. The zero-order valence-electron chi connectivity index (χ0n) is 13.0. The highest BCUT2D eigenvalue weighted by Crippen LogP contribution is 2.22. The molecule has 0 atom stereocenters. The molecule has 1 heterocycles. The number of carbonyl (C=O) groups excluding carboxylic acids is 1. The maximum atomic E-state index is 12.7. The van der Waals surface area contributed by atoms with E-state index >= 15 is 0 Å². The lowest BCUT2D eigenvalue weighted by Gasteiger charge is -2.09. The predicted octanol–water partition coefficient (Wildman–Crippen LogP) is 4.43. The maximum Gasteiger partial charge on any atom is 0.338 e. The number of carbonyl (C=O) groups is 1. The van der Waals surface area contributed by atoms with Gasteiger partial charge < -0.3 is 9.47 Å². The van der Waals surface area contributed by atoms with E-state index in [9.17, 15) is 13.6 Å². The van der Waals surface area contributed by atoms with Crippen molar-refractivity contribution in [2.45, 2.75) is 13.2 Å². The summed E-state index contributed by atoms with van der Waals surface area (Å²) in [5.74, 6) is 0.420. The van der Waals surface area contributed by atoms with E-state index in [2.05, 4.69) is 4.98 Å². The fourth-order valence-corrected chi connectivity index (χ4v) is 2.16. The number of ether oxygens (including phenoxy) is 2. The molecule has 3 rings (SSSR count). The van der Waals surface area contributed by atoms with E-state index in [0.717, 1.165) is 6.20 Å². The molecule has 0 saturated heterocycles. The van der Waals surface area contributed by atoms with Crippen LogP contribution < -0.4 is 4.74 Å². The molecule has 0 spiro atoms. The van der Waals surface area contributed by atoms with Gasteiger partial charge in [0, 0.05) is 12.4 Å². The Labute approximate surface area is 142 Å². The quantitative estimate of drug-likeness (QED) is 0.621. The van der Waals surface area contributed by atoms with Crippen LogP contribution in [0, 0.1) is 0 Å². The number of hydrogen-bond donors (Lipinski definition) is 0. The first-order chi connectivity index (χ1) is 12.1. The van der Waals surface area contributed by atoms with E-state index < -0.39 is 12.5 Å². The highest BCUT2D eigenvalue weighted by molar-refractivity contribution is 5.89. The highest BCUT2D eigenvalue weighted by atomic mass is 19.3. The first-order valence-corrected chi connectivity index (χ1v) is 7.43. The molecule has 0 aliphatic rings. The van der Waals surface area contributed by atoms with Gasteiger partial charge >= 0.3 is 12.5 Å². The average molecular weight is 344 g/mol. The van der Waals surface area contributed by atoms with Crippen molar-refractivity contribution in [1.29, 1.82) is 0 Å². The van der Waals surface area contributed by atoms with Gasteiger partial charge in [-0.2, -0.15) is 8.78 Å². The molecule has 1 aromatic heterocycles. The number of hydrogen-bond acceptors (Lipinski definition) is 4. The van der Waals surface area contributed by atoms with Crippen LogP contribution in [-0.2, 0) is 11.3 Å². The van der Waals surface area contributed by atoms with Crippen molar-refractivity contribution in [3.05, 3.63) is 78.4 Å². The topological polar surface area (TPSA) is 53.3 Å². The van der Waals surface area contributed by atoms with Crippen LogP contribution in [0.5, 0.6) is 11.5 Å². The SMILES string of the molecule is O=C(OCc1nccn1C(F)F)c1cccc(Oc2ccccc2)c1. The molecule has 0 saturated carbocycles. The summed E-state index contributed by atoms with van der Waals surface area (Å²) in [4.78, 5) is 15.9. The Morgan fingerprint density at radius 2 is 1.84 bits per heavy atom. The minimum Gasteiger partial charge on any atom is -0.457 e. The molecule has 128 valence electrons. The minimum atomic E-state index is -2.74. The van der Waals surface area contributed by atoms with E-state index in [4.69, 9.17) is 9.47 Å². The van der Waals surface area contributed by atoms with E-state index in [1.165, 1.54) is 12.3 Å². The van der Waals surface area contributed by atoms with Gasteiger partial charge in [0.15, 0.2) is 5.82 Å². The van der Waals surface area contributed by atoms with Crippen LogP contribution >= 0.6 is 0 Å². The van der Waals surface area contributed by atoms with Gasteiger partial charge in [0.1, 0.15) is 18.1 Å². The van der Waals surface area contributed by atoms with Crippen LogP contribution in [0.15, 0.2) is 67.0 Å². The number of nitrogens with zero attached hydrogens (tertiary/aromatic N) is 2. The Kier molecular flexibility index (Phi) is 5.03. The predicted molar refractivity (Wildman–Crippen MR) is 85.6 cm³/mol. The summed E-state index contributed by atoms with van der Waals surface area (Å²) < 4.78 is 36.8. The normalized spacial score (nSPS) is 10.7. The number of benzene rings is 2. The monoisotopic (exact) mass is 344 g/mol. The minimum absolute atomic E-state index is 0.0277. The van der Waals surface area contributed by atoms with Crippen LogP contribution in [0.2, 0.25) is 0 Å². The second-order valence-corrected chi connectivity index (χ2v) is 5.05. The molecular formula is C18H14F2N2O3. The molecule has 7 heteroatoms. The standard InChI is InChI=1S/C18H14F2N2O3/c19-18(20)22-10-9-21-16(22)12-24-17(23)13-5-4-8-15(11-13)25-14-6-2-1-3-7-14/h1-11,18H,12H2. The molecule has 0 radical (unpaired) electrons. The highest BCUT2D eigenvalue weighted by Gasteiger charge is 2.14. The van der Waals surface area contributed by atoms with Crippen molar-refractivity contribution in [3.63, 3.8) is 0 Å². The summed E-state index contributed by atoms with van der Waals surface area (Å²) in [6.45, 7) is -3.08. The van der Waals surface area contributed by atoms with Crippen molar-refractivity contribution >= 4 is 5.97 Å². The molecule has 0 amide bonds. The van der Waals surface area contributed by atoms with Crippen molar-refractivity contribution in [2.24, 2.45) is 0 Å². The van der Waals surface area contributed by atoms with Crippen LogP contribution in [0.25, 0.3) is 0 Å². The fourth-order valence-electron chi connectivity index (χ4n) is 2.16. The number of alkyl halides is 2. The molecule has 3 aromatic rings. The third-order valence-corrected chi connectivity index (χ3v) is 3.34. The lowest BCUT2D eigenvalue weighted by molar-refractivity contribution is 0.0376. The molecule has 0 unspecified atom stereocenters. The number of rotatable bonds is 6. The van der Waals surface area contributed by atoms with Crippen molar-refractivity contribution < 1.29 is 23.0 Å². The van der Waals surface area contributed by atoms with E-state index in [1.54, 1.807) is 30.3 Å². The van der Waals surface area contributed by atoms with Gasteiger partial charge in [-0.25, -0.2) is 9.78 Å². The molecule has 0 bridgehead atoms. The Bertz CT molecular complexity index is 850. The molecule has 0 aliphatic heterocycles. The molecule has 25 heavy (non-hydrogen) atoms. The molecule has 0 N–H and O–H groups in total. The van der Waals surface area contributed by atoms with Gasteiger partial charge in [0.2, 0.25) is 0 Å². The fraction of sp³-hybridized carbons (Fsp3) is 0.111. The van der Waals surface area contributed by atoms with Crippen LogP contribution in [0.4, 0.5) is 8.78 Å². The number of aromatic nitrogens is 2. The van der Waals surface area contributed by atoms with E-state index in [1.807, 2.05) is 18.2 Å². The zero-order chi connectivity index (χ0) is 17.6. The summed E-state index contributed by atoms with van der Waals surface area (Å²) in [5.41, 5.74) is 0.253. The van der Waals surface area contributed by atoms with Gasteiger partial charge in [-0.05, 0) is 30.3 Å². The number of imidazole rings is 1. The maximum absolute atomic E-state index is 12.7. The van der Waals surface area contributed by atoms with Gasteiger partial charge in [0.25, 0.3) is 0 Å². The molecule has 2 aromatic carbocycles. The summed E-state index contributed by atoms with van der Waals surface area (Å²) >= 11 is 0. The number of para-hydroxylation sites is 1. The summed E-state index contributed by atoms with van der Waals surface area (Å²) in [6, 6.07) is 15.5. The molecule has 5 nitrogen and oxygen atoms in total. The average Bonchev–Trinajstić information content (AvgIpc) is 3.10. The molecular weight excluding hydrogens is 330 g/mol. The summed E-state index contributed by atoms with van der Waals surface area (Å²) in [7, 11) is 0. The van der Waals surface area contributed by atoms with E-state index in [-0.39, 0.29) is 18.0 Å². The largest absolute Gasteiger partial charge is 0.457 e. The first kappa shape index (κ1) is 16.6. The van der Waals surface area contributed by atoms with Gasteiger partial charge in [-0.1, -0.05) is 24.3 Å². The van der Waals surface area contributed by atoms with Crippen molar-refractivity contribution in [2.75, 3.05) is 0 Å². The number of halogens is 2. The Balaban J connectivity index is 1.66. The first-order valence-electron chi connectivity index (χ1n) is 7.43. The van der Waals surface area contributed by atoms with Crippen molar-refractivity contribution in [3.8, 4) is 11.5 Å².